The average Bonchev–Trinajstić information content (AvgIpc) is 3.37. The molecule has 218 valence electrons. The maximum Gasteiger partial charge on any atom is 0.323 e. The van der Waals surface area contributed by atoms with Gasteiger partial charge < -0.3 is 29.5 Å². The number of rotatable bonds is 10. The molecule has 0 aromatic heterocycles. The van der Waals surface area contributed by atoms with Crippen molar-refractivity contribution in [3.8, 4) is 28.4 Å². The van der Waals surface area contributed by atoms with E-state index in [-0.39, 0.29) is 30.9 Å². The highest BCUT2D eigenvalue weighted by molar-refractivity contribution is 6.35. The van der Waals surface area contributed by atoms with Crippen LogP contribution >= 0.6 is 23.2 Å². The standard InChI is InChI=1S/C32H36Cl2N2O5/c1-20-22(19-41-30-15-28(37)23(14-26(30)33)16-35-27-11-13-39-32(27)38)7-3-8-24(20)25-9-4-10-29(31(25)34)40-18-21-6-5-12-36(2)17-21/h3-4,7-10,14-15,21,27,35,37H,5-6,11-13,16-19H2,1-2H3. The molecule has 0 amide bonds. The topological polar surface area (TPSA) is 80.3 Å². The summed E-state index contributed by atoms with van der Waals surface area (Å²) in [4.78, 5) is 14.0. The number of benzene rings is 3. The van der Waals surface area contributed by atoms with E-state index in [0.29, 0.717) is 52.7 Å². The molecule has 3 aromatic rings. The summed E-state index contributed by atoms with van der Waals surface area (Å²) in [5.41, 5.74) is 4.48. The van der Waals surface area contributed by atoms with Gasteiger partial charge in [0.25, 0.3) is 0 Å². The average molecular weight is 600 g/mol. The zero-order chi connectivity index (χ0) is 28.9. The Bertz CT molecular complexity index is 1400. The van der Waals surface area contributed by atoms with Crippen LogP contribution in [0.1, 0.15) is 36.0 Å². The number of halogens is 2. The minimum atomic E-state index is -0.376. The van der Waals surface area contributed by atoms with E-state index in [1.165, 1.54) is 18.9 Å². The Morgan fingerprint density at radius 1 is 1.05 bits per heavy atom. The molecule has 0 spiro atoms. The van der Waals surface area contributed by atoms with Gasteiger partial charge in [0, 0.05) is 42.6 Å². The minimum Gasteiger partial charge on any atom is -0.507 e. The van der Waals surface area contributed by atoms with E-state index in [1.54, 1.807) is 6.07 Å². The number of cyclic esters (lactones) is 1. The van der Waals surface area contributed by atoms with Gasteiger partial charge in [-0.3, -0.25) is 4.79 Å². The van der Waals surface area contributed by atoms with Gasteiger partial charge in [0.15, 0.2) is 0 Å². The Morgan fingerprint density at radius 2 is 1.85 bits per heavy atom. The van der Waals surface area contributed by atoms with E-state index in [0.717, 1.165) is 35.3 Å². The SMILES string of the molecule is Cc1c(COc2cc(O)c(CNC3CCOC3=O)cc2Cl)cccc1-c1cccc(OCC2CCCN(C)C2)c1Cl. The lowest BCUT2D eigenvalue weighted by Crippen LogP contribution is -2.34. The lowest BCUT2D eigenvalue weighted by atomic mass is 9.96. The maximum absolute atomic E-state index is 11.7. The van der Waals surface area contributed by atoms with Gasteiger partial charge in [-0.1, -0.05) is 53.5 Å². The van der Waals surface area contributed by atoms with Crippen molar-refractivity contribution in [1.29, 1.82) is 0 Å². The fourth-order valence-corrected chi connectivity index (χ4v) is 6.01. The van der Waals surface area contributed by atoms with Crippen molar-refractivity contribution in [3.05, 3.63) is 75.3 Å². The van der Waals surface area contributed by atoms with Crippen molar-refractivity contribution in [2.45, 2.75) is 45.4 Å². The summed E-state index contributed by atoms with van der Waals surface area (Å²) in [6, 6.07) is 14.7. The van der Waals surface area contributed by atoms with E-state index >= 15 is 0 Å². The van der Waals surface area contributed by atoms with Gasteiger partial charge in [-0.05, 0) is 62.2 Å². The van der Waals surface area contributed by atoms with Crippen LogP contribution in [-0.4, -0.2) is 55.4 Å². The van der Waals surface area contributed by atoms with E-state index in [9.17, 15) is 9.90 Å². The monoisotopic (exact) mass is 598 g/mol. The highest BCUT2D eigenvalue weighted by atomic mass is 35.5. The van der Waals surface area contributed by atoms with Crippen LogP contribution < -0.4 is 14.8 Å². The van der Waals surface area contributed by atoms with E-state index < -0.39 is 0 Å². The number of carbonyl (C=O) groups is 1. The lowest BCUT2D eigenvalue weighted by Gasteiger charge is -2.29. The first kappa shape index (κ1) is 29.5. The Balaban J connectivity index is 1.26. The number of piperidine rings is 1. The number of hydrogen-bond acceptors (Lipinski definition) is 7. The second kappa shape index (κ2) is 13.3. The van der Waals surface area contributed by atoms with Crippen molar-refractivity contribution in [3.63, 3.8) is 0 Å². The molecule has 0 aliphatic carbocycles. The Kier molecular flexibility index (Phi) is 9.60. The number of phenolic OH excluding ortho intramolecular Hbond substituents is 1. The largest absolute Gasteiger partial charge is 0.507 e. The van der Waals surface area contributed by atoms with Crippen LogP contribution in [0.3, 0.4) is 0 Å². The summed E-state index contributed by atoms with van der Waals surface area (Å²) in [7, 11) is 2.15. The minimum absolute atomic E-state index is 0.0391. The van der Waals surface area contributed by atoms with Gasteiger partial charge in [0.05, 0.1) is 23.3 Å². The molecule has 2 heterocycles. The van der Waals surface area contributed by atoms with Crippen LogP contribution in [0, 0.1) is 12.8 Å². The third kappa shape index (κ3) is 7.09. The Hall–Kier alpha value is -2.97. The molecular formula is C32H36Cl2N2O5. The number of carbonyl (C=O) groups excluding carboxylic acids is 1. The molecule has 0 radical (unpaired) electrons. The first-order chi connectivity index (χ1) is 19.8. The van der Waals surface area contributed by atoms with Crippen LogP contribution in [0.25, 0.3) is 11.1 Å². The smallest absolute Gasteiger partial charge is 0.323 e. The highest BCUT2D eigenvalue weighted by Gasteiger charge is 2.26. The van der Waals surface area contributed by atoms with E-state index in [2.05, 4.69) is 17.3 Å². The molecule has 3 aromatic carbocycles. The Labute approximate surface area is 251 Å². The van der Waals surface area contributed by atoms with Crippen LogP contribution in [0.4, 0.5) is 0 Å². The number of aromatic hydroxyl groups is 1. The number of nitrogens with one attached hydrogen (secondary N) is 1. The first-order valence-corrected chi connectivity index (χ1v) is 14.8. The molecular weight excluding hydrogens is 563 g/mol. The molecule has 2 fully saturated rings. The van der Waals surface area contributed by atoms with Gasteiger partial charge in [-0.15, -0.1) is 0 Å². The normalized spacial score (nSPS) is 19.3. The summed E-state index contributed by atoms with van der Waals surface area (Å²) in [5, 5.41) is 14.6. The number of likely N-dealkylation sites (tertiary alicyclic amines) is 1. The predicted molar refractivity (Wildman–Crippen MR) is 161 cm³/mol. The second-order valence-corrected chi connectivity index (χ2v) is 11.7. The number of esters is 1. The molecule has 2 atom stereocenters. The number of ether oxygens (including phenoxy) is 3. The second-order valence-electron chi connectivity index (χ2n) is 10.9. The van der Waals surface area contributed by atoms with Gasteiger partial charge >= 0.3 is 5.97 Å². The van der Waals surface area contributed by atoms with Gasteiger partial charge in [0.1, 0.15) is 29.9 Å². The molecule has 9 heteroatoms. The van der Waals surface area contributed by atoms with E-state index in [1.807, 2.05) is 43.3 Å². The lowest BCUT2D eigenvalue weighted by molar-refractivity contribution is -0.139. The van der Waals surface area contributed by atoms with Crippen LogP contribution in [0.15, 0.2) is 48.5 Å². The van der Waals surface area contributed by atoms with Gasteiger partial charge in [-0.2, -0.15) is 0 Å². The van der Waals surface area contributed by atoms with Crippen molar-refractivity contribution >= 4 is 29.2 Å². The fraction of sp³-hybridized carbons (Fsp3) is 0.406. The predicted octanol–water partition coefficient (Wildman–Crippen LogP) is 6.38. The highest BCUT2D eigenvalue weighted by Crippen LogP contribution is 2.38. The zero-order valence-corrected chi connectivity index (χ0v) is 24.9. The molecule has 7 nitrogen and oxygen atoms in total. The summed E-state index contributed by atoms with van der Waals surface area (Å²) in [5.74, 6) is 1.33. The molecule has 0 saturated carbocycles. The molecule has 2 N–H and O–H groups in total. The van der Waals surface area contributed by atoms with Crippen LogP contribution in [0.2, 0.25) is 10.0 Å². The molecule has 2 aliphatic heterocycles. The number of phenols is 1. The molecule has 2 unspecified atom stereocenters. The van der Waals surface area contributed by atoms with Crippen molar-refractivity contribution in [2.75, 3.05) is 33.4 Å². The summed E-state index contributed by atoms with van der Waals surface area (Å²) < 4.78 is 17.2. The zero-order valence-electron chi connectivity index (χ0n) is 23.4. The molecule has 2 aliphatic rings. The molecule has 5 rings (SSSR count). The first-order valence-electron chi connectivity index (χ1n) is 14.0. The van der Waals surface area contributed by atoms with E-state index in [4.69, 9.17) is 37.4 Å². The van der Waals surface area contributed by atoms with Crippen LogP contribution in [-0.2, 0) is 22.7 Å². The van der Waals surface area contributed by atoms with Crippen LogP contribution in [0.5, 0.6) is 17.2 Å². The summed E-state index contributed by atoms with van der Waals surface area (Å²) >= 11 is 13.4. The van der Waals surface area contributed by atoms with Gasteiger partial charge in [0.2, 0.25) is 0 Å². The van der Waals surface area contributed by atoms with Crippen molar-refractivity contribution in [2.24, 2.45) is 5.92 Å². The third-order valence-corrected chi connectivity index (χ3v) is 8.57. The quantitative estimate of drug-likeness (QED) is 0.262. The van der Waals surface area contributed by atoms with Gasteiger partial charge in [-0.25, -0.2) is 0 Å². The summed E-state index contributed by atoms with van der Waals surface area (Å²) in [6.45, 7) is 5.81. The van der Waals surface area contributed by atoms with Crippen molar-refractivity contribution in [1.82, 2.24) is 10.2 Å². The molecule has 0 bridgehead atoms. The molecule has 41 heavy (non-hydrogen) atoms. The molecule has 2 saturated heterocycles. The Morgan fingerprint density at radius 3 is 2.63 bits per heavy atom. The number of hydrogen-bond donors (Lipinski definition) is 2. The van der Waals surface area contributed by atoms with Crippen molar-refractivity contribution < 1.29 is 24.1 Å². The fourth-order valence-electron chi connectivity index (χ4n) is 5.48. The third-order valence-electron chi connectivity index (χ3n) is 7.89. The number of nitrogens with zero attached hydrogens (tertiary/aromatic N) is 1. The summed E-state index contributed by atoms with van der Waals surface area (Å²) in [6.07, 6.45) is 2.96. The maximum atomic E-state index is 11.7.